The van der Waals surface area contributed by atoms with Crippen molar-refractivity contribution < 1.29 is 32.0 Å². The van der Waals surface area contributed by atoms with E-state index in [1.54, 1.807) is 6.92 Å². The highest BCUT2D eigenvalue weighted by Gasteiger charge is 2.08. The smallest absolute Gasteiger partial charge is 0.245 e. The first-order valence-electron chi connectivity index (χ1n) is 14.9. The molecule has 0 rings (SSSR count). The number of hydrogen-bond acceptors (Lipinski definition) is 6. The molecule has 0 spiro atoms. The summed E-state index contributed by atoms with van der Waals surface area (Å²) < 4.78 is 34.4. The first-order chi connectivity index (χ1) is 17.0. The van der Waals surface area contributed by atoms with E-state index in [9.17, 15) is 18.2 Å². The second-order valence-electron chi connectivity index (χ2n) is 10.9. The van der Waals surface area contributed by atoms with Crippen molar-refractivity contribution >= 4 is 10.4 Å². The maximum Gasteiger partial charge on any atom is 0.245 e. The Morgan fingerprint density at radius 1 is 0.667 bits per heavy atom. The molecule has 0 amide bonds. The van der Waals surface area contributed by atoms with Crippen LogP contribution in [-0.2, 0) is 19.6 Å². The standard InChI is InChI=1S/C14H32NO.C14H30O5S/c1-4-5-6-7-8-9-10-11-12-13-14-15(2,3)16;1-3-4-5-6-7-8-9-10-11-12-13-14(2)18-19-20(15,16)17/h16H,4-14H2,1-3H3;14H,3-13H2,1-2H3,(H,15,16,17)/q+1;/p-1. The van der Waals surface area contributed by atoms with Gasteiger partial charge in [-0.2, -0.15) is 4.65 Å². The van der Waals surface area contributed by atoms with Crippen LogP contribution in [0.2, 0.25) is 0 Å². The Balaban J connectivity index is 0. The summed E-state index contributed by atoms with van der Waals surface area (Å²) in [5.41, 5.74) is 0. The van der Waals surface area contributed by atoms with Crippen LogP contribution in [0.1, 0.15) is 156 Å². The molecule has 36 heavy (non-hydrogen) atoms. The summed E-state index contributed by atoms with van der Waals surface area (Å²) in [6.45, 7) is 7.07. The zero-order chi connectivity index (χ0) is 27.5. The van der Waals surface area contributed by atoms with Crippen LogP contribution in [0, 0.1) is 0 Å². The number of hydrogen-bond donors (Lipinski definition) is 1. The van der Waals surface area contributed by atoms with Crippen molar-refractivity contribution in [3.8, 4) is 0 Å². The van der Waals surface area contributed by atoms with Crippen molar-refractivity contribution in [3.05, 3.63) is 0 Å². The molecule has 1 N–H and O–H groups in total. The second-order valence-corrected chi connectivity index (χ2v) is 11.8. The molecule has 7 nitrogen and oxygen atoms in total. The number of hydroxylamine groups is 3. The maximum absolute atomic E-state index is 10.2. The lowest BCUT2D eigenvalue weighted by Crippen LogP contribution is -2.36. The number of unbranched alkanes of at least 4 members (excludes halogenated alkanes) is 18. The molecule has 0 fully saturated rings. The van der Waals surface area contributed by atoms with Gasteiger partial charge in [-0.25, -0.2) is 18.5 Å². The van der Waals surface area contributed by atoms with Gasteiger partial charge in [-0.3, -0.25) is 0 Å². The number of quaternary nitrogens is 1. The van der Waals surface area contributed by atoms with E-state index in [0.717, 1.165) is 25.8 Å². The Labute approximate surface area is 224 Å². The van der Waals surface area contributed by atoms with Crippen LogP contribution in [-0.4, -0.2) is 49.6 Å². The Morgan fingerprint density at radius 3 is 1.33 bits per heavy atom. The van der Waals surface area contributed by atoms with Crippen LogP contribution in [0.5, 0.6) is 0 Å². The highest BCUT2D eigenvalue weighted by atomic mass is 32.3. The Kier molecular flexibility index (Phi) is 27.8. The number of nitrogens with zero attached hydrogens (tertiary/aromatic N) is 1. The molecule has 0 saturated carbocycles. The molecule has 8 heteroatoms. The van der Waals surface area contributed by atoms with E-state index in [1.165, 1.54) is 109 Å². The van der Waals surface area contributed by atoms with Gasteiger partial charge in [0.15, 0.2) is 0 Å². The van der Waals surface area contributed by atoms with E-state index in [2.05, 4.69) is 23.1 Å². The molecule has 1 unspecified atom stereocenters. The molecule has 220 valence electrons. The van der Waals surface area contributed by atoms with Crippen LogP contribution < -0.4 is 0 Å². The average Bonchev–Trinajstić information content (AvgIpc) is 2.79. The van der Waals surface area contributed by atoms with Crippen LogP contribution in [0.4, 0.5) is 0 Å². The van der Waals surface area contributed by atoms with Gasteiger partial charge < -0.3 is 4.55 Å². The summed E-state index contributed by atoms with van der Waals surface area (Å²) in [7, 11) is -1.06. The zero-order valence-corrected chi connectivity index (χ0v) is 25.3. The second kappa shape index (κ2) is 26.4. The lowest BCUT2D eigenvalue weighted by atomic mass is 10.1. The largest absolute Gasteiger partial charge is 0.724 e. The minimum Gasteiger partial charge on any atom is -0.724 e. The van der Waals surface area contributed by atoms with E-state index in [-0.39, 0.29) is 10.8 Å². The molecular weight excluding hydrogens is 478 g/mol. The lowest BCUT2D eigenvalue weighted by molar-refractivity contribution is -1.07. The summed E-state index contributed by atoms with van der Waals surface area (Å²) in [4.78, 5) is 4.49. The van der Waals surface area contributed by atoms with Gasteiger partial charge in [0.2, 0.25) is 10.4 Å². The van der Waals surface area contributed by atoms with Crippen LogP contribution >= 0.6 is 0 Å². The van der Waals surface area contributed by atoms with Crippen LogP contribution in [0.15, 0.2) is 0 Å². The van der Waals surface area contributed by atoms with Crippen molar-refractivity contribution in [2.75, 3.05) is 20.6 Å². The van der Waals surface area contributed by atoms with Crippen molar-refractivity contribution in [1.29, 1.82) is 0 Å². The molecule has 0 heterocycles. The molecule has 1 atom stereocenters. The van der Waals surface area contributed by atoms with Crippen molar-refractivity contribution in [1.82, 2.24) is 0 Å². The predicted molar refractivity (Wildman–Crippen MR) is 148 cm³/mol. The summed E-state index contributed by atoms with van der Waals surface area (Å²) in [5, 5.41) is 9.48. The van der Waals surface area contributed by atoms with Gasteiger partial charge in [0.25, 0.3) is 0 Å². The van der Waals surface area contributed by atoms with Gasteiger partial charge in [-0.15, -0.1) is 4.33 Å². The van der Waals surface area contributed by atoms with Gasteiger partial charge in [0.1, 0.15) is 6.54 Å². The third kappa shape index (κ3) is 38.3. The molecule has 0 aromatic heterocycles. The third-order valence-corrected chi connectivity index (χ3v) is 6.56. The Morgan fingerprint density at radius 2 is 1.00 bits per heavy atom. The normalized spacial score (nSPS) is 12.9. The van der Waals surface area contributed by atoms with E-state index >= 15 is 0 Å². The minimum absolute atomic E-state index is 0.122. The Bertz CT molecular complexity index is 537. The quantitative estimate of drug-likeness (QED) is 0.0312. The summed E-state index contributed by atoms with van der Waals surface area (Å²) in [6.07, 6.45) is 26.4. The topological polar surface area (TPSA) is 95.9 Å². The van der Waals surface area contributed by atoms with Crippen LogP contribution in [0.3, 0.4) is 0 Å². The van der Waals surface area contributed by atoms with Gasteiger partial charge >= 0.3 is 0 Å². The first-order valence-corrected chi connectivity index (χ1v) is 16.2. The average molecular weight is 540 g/mol. The van der Waals surface area contributed by atoms with Crippen LogP contribution in [0.25, 0.3) is 0 Å². The SMILES string of the molecule is CCCCCCCCCCCCC(C)OOS(=O)(=O)[O-].CCCCCCCCCCCC[N+](C)(C)O. The molecular formula is C28H61NO6S. The highest BCUT2D eigenvalue weighted by Crippen LogP contribution is 2.13. The Hall–Kier alpha value is -0.250. The van der Waals surface area contributed by atoms with Crippen molar-refractivity contribution in [3.63, 3.8) is 0 Å². The summed E-state index contributed by atoms with van der Waals surface area (Å²) in [5.74, 6) is 0. The van der Waals surface area contributed by atoms with E-state index < -0.39 is 10.4 Å². The maximum atomic E-state index is 10.2. The molecule has 0 bridgehead atoms. The molecule has 0 aromatic rings. The summed E-state index contributed by atoms with van der Waals surface area (Å²) >= 11 is 0. The molecule has 0 saturated heterocycles. The molecule has 0 radical (unpaired) electrons. The fourth-order valence-electron chi connectivity index (χ4n) is 4.07. The fourth-order valence-corrected chi connectivity index (χ4v) is 4.30. The fraction of sp³-hybridized carbons (Fsp3) is 1.00. The van der Waals surface area contributed by atoms with Crippen molar-refractivity contribution in [2.45, 2.75) is 162 Å². The highest BCUT2D eigenvalue weighted by molar-refractivity contribution is 7.80. The zero-order valence-electron chi connectivity index (χ0n) is 24.5. The van der Waals surface area contributed by atoms with Gasteiger partial charge in [0.05, 0.1) is 20.2 Å². The number of rotatable bonds is 25. The van der Waals surface area contributed by atoms with Gasteiger partial charge in [-0.1, -0.05) is 129 Å². The third-order valence-electron chi connectivity index (χ3n) is 6.31. The molecule has 0 aliphatic heterocycles. The van der Waals surface area contributed by atoms with Crippen molar-refractivity contribution in [2.24, 2.45) is 0 Å². The molecule has 0 aromatic carbocycles. The summed E-state index contributed by atoms with van der Waals surface area (Å²) in [6, 6.07) is 0. The van der Waals surface area contributed by atoms with Gasteiger partial charge in [0, 0.05) is 0 Å². The van der Waals surface area contributed by atoms with Gasteiger partial charge in [-0.05, 0) is 26.2 Å². The minimum atomic E-state index is -4.74. The van der Waals surface area contributed by atoms with E-state index in [1.807, 2.05) is 14.1 Å². The monoisotopic (exact) mass is 539 g/mol. The first kappa shape index (κ1) is 37.9. The molecule has 0 aliphatic rings. The van der Waals surface area contributed by atoms with E-state index in [0.29, 0.717) is 6.42 Å². The molecule has 0 aliphatic carbocycles. The lowest BCUT2D eigenvalue weighted by Gasteiger charge is -2.18. The predicted octanol–water partition coefficient (Wildman–Crippen LogP) is 8.47. The van der Waals surface area contributed by atoms with E-state index in [4.69, 9.17) is 0 Å².